The summed E-state index contributed by atoms with van der Waals surface area (Å²) in [6.07, 6.45) is 3.34. The van der Waals surface area contributed by atoms with E-state index >= 15 is 0 Å². The highest BCUT2D eigenvalue weighted by atomic mass is 35.5. The lowest BCUT2D eigenvalue weighted by Crippen LogP contribution is -2.27. The van der Waals surface area contributed by atoms with Crippen LogP contribution in [0.5, 0.6) is 5.75 Å². The third-order valence-electron chi connectivity index (χ3n) is 3.52. The topological polar surface area (TPSA) is 42.7 Å². The zero-order valence-electron chi connectivity index (χ0n) is 13.3. The molecule has 1 saturated heterocycles. The summed E-state index contributed by atoms with van der Waals surface area (Å²) in [5.41, 5.74) is 0.824. The Bertz CT molecular complexity index is 888. The second-order valence-electron chi connectivity index (χ2n) is 5.13. The molecule has 0 bridgehead atoms. The fourth-order valence-corrected chi connectivity index (χ4v) is 3.83. The average molecular weight is 392 g/mol. The van der Waals surface area contributed by atoms with E-state index in [1.54, 1.807) is 37.5 Å². The summed E-state index contributed by atoms with van der Waals surface area (Å²) >= 11 is 12.6. The summed E-state index contributed by atoms with van der Waals surface area (Å²) in [7, 11) is 1.56. The monoisotopic (exact) mass is 391 g/mol. The molecule has 2 heterocycles. The van der Waals surface area contributed by atoms with Gasteiger partial charge in [-0.1, -0.05) is 41.7 Å². The number of furan rings is 1. The Balaban J connectivity index is 1.85. The molecular weight excluding hydrogens is 378 g/mol. The summed E-state index contributed by atoms with van der Waals surface area (Å²) in [6, 6.07) is 9.03. The molecule has 1 aliphatic rings. The van der Waals surface area contributed by atoms with Crippen LogP contribution in [0.2, 0.25) is 5.02 Å². The molecule has 1 aliphatic heterocycles. The van der Waals surface area contributed by atoms with E-state index in [0.717, 1.165) is 5.56 Å². The maximum atomic E-state index is 12.3. The van der Waals surface area contributed by atoms with Crippen LogP contribution in [0.1, 0.15) is 5.76 Å². The van der Waals surface area contributed by atoms with E-state index in [-0.39, 0.29) is 5.91 Å². The molecule has 0 radical (unpaired) electrons. The fraction of sp³-hybridized carbons (Fsp3) is 0.111. The van der Waals surface area contributed by atoms with Crippen molar-refractivity contribution in [2.24, 2.45) is 0 Å². The van der Waals surface area contributed by atoms with Crippen LogP contribution < -0.4 is 4.74 Å². The van der Waals surface area contributed by atoms with Gasteiger partial charge in [0.1, 0.15) is 21.6 Å². The van der Waals surface area contributed by atoms with E-state index in [4.69, 9.17) is 33.0 Å². The van der Waals surface area contributed by atoms with Gasteiger partial charge in [0.2, 0.25) is 0 Å². The van der Waals surface area contributed by atoms with Gasteiger partial charge < -0.3 is 9.15 Å². The molecule has 0 saturated carbocycles. The Labute approximate surface area is 160 Å². The number of thiocarbonyl (C=S) groups is 1. The van der Waals surface area contributed by atoms with Crippen molar-refractivity contribution in [1.82, 2.24) is 4.90 Å². The van der Waals surface area contributed by atoms with Crippen molar-refractivity contribution in [3.05, 3.63) is 58.7 Å². The van der Waals surface area contributed by atoms with Gasteiger partial charge in [0.15, 0.2) is 0 Å². The highest BCUT2D eigenvalue weighted by Crippen LogP contribution is 2.34. The predicted molar refractivity (Wildman–Crippen MR) is 106 cm³/mol. The second kappa shape index (κ2) is 7.47. The second-order valence-corrected chi connectivity index (χ2v) is 7.22. The van der Waals surface area contributed by atoms with Crippen LogP contribution in [0.3, 0.4) is 0 Å². The molecule has 4 nitrogen and oxygen atoms in total. The van der Waals surface area contributed by atoms with Crippen LogP contribution in [0.15, 0.2) is 52.3 Å². The molecule has 1 fully saturated rings. The summed E-state index contributed by atoms with van der Waals surface area (Å²) in [5, 5.41) is 0.503. The van der Waals surface area contributed by atoms with Gasteiger partial charge >= 0.3 is 0 Å². The predicted octanol–water partition coefficient (Wildman–Crippen LogP) is 5.00. The first kappa shape index (κ1) is 17.8. The first-order valence-electron chi connectivity index (χ1n) is 7.33. The Hall–Kier alpha value is -2.02. The average Bonchev–Trinajstić information content (AvgIpc) is 3.16. The van der Waals surface area contributed by atoms with Crippen molar-refractivity contribution in [3.8, 4) is 17.1 Å². The van der Waals surface area contributed by atoms with Crippen molar-refractivity contribution in [1.29, 1.82) is 0 Å². The Morgan fingerprint density at radius 1 is 1.40 bits per heavy atom. The molecule has 3 rings (SSSR count). The largest absolute Gasteiger partial charge is 0.495 e. The van der Waals surface area contributed by atoms with Crippen molar-refractivity contribution >= 4 is 51.9 Å². The molecule has 2 aromatic rings. The Kier molecular flexibility index (Phi) is 5.32. The normalized spacial score (nSPS) is 15.9. The summed E-state index contributed by atoms with van der Waals surface area (Å²) in [4.78, 5) is 14.4. The van der Waals surface area contributed by atoms with Crippen molar-refractivity contribution in [3.63, 3.8) is 0 Å². The molecule has 25 heavy (non-hydrogen) atoms. The molecule has 0 unspecified atom stereocenters. The SMILES string of the molecule is C=CCN1C(=O)/C(=C/c2ccc(-c3ccc(OC)c(Cl)c3)o2)SC1=S. The quantitative estimate of drug-likeness (QED) is 0.408. The lowest BCUT2D eigenvalue weighted by atomic mass is 10.2. The number of halogens is 1. The van der Waals surface area contributed by atoms with Crippen LogP contribution in [0.4, 0.5) is 0 Å². The highest BCUT2D eigenvalue weighted by Gasteiger charge is 2.31. The van der Waals surface area contributed by atoms with E-state index in [2.05, 4.69) is 6.58 Å². The number of rotatable bonds is 5. The van der Waals surface area contributed by atoms with E-state index in [1.807, 2.05) is 12.1 Å². The summed E-state index contributed by atoms with van der Waals surface area (Å²) < 4.78 is 11.5. The van der Waals surface area contributed by atoms with Crippen LogP contribution >= 0.6 is 35.6 Å². The zero-order chi connectivity index (χ0) is 18.0. The van der Waals surface area contributed by atoms with E-state index < -0.39 is 0 Å². The van der Waals surface area contributed by atoms with Crippen molar-refractivity contribution in [2.45, 2.75) is 0 Å². The van der Waals surface area contributed by atoms with E-state index in [0.29, 0.717) is 38.1 Å². The number of carbonyl (C=O) groups is 1. The lowest BCUT2D eigenvalue weighted by Gasteiger charge is -2.10. The maximum absolute atomic E-state index is 12.3. The van der Waals surface area contributed by atoms with Gasteiger partial charge in [0.25, 0.3) is 5.91 Å². The first-order valence-corrected chi connectivity index (χ1v) is 8.93. The van der Waals surface area contributed by atoms with E-state index in [1.165, 1.54) is 16.7 Å². The van der Waals surface area contributed by atoms with Gasteiger partial charge in [0.05, 0.1) is 17.0 Å². The Morgan fingerprint density at radius 2 is 2.20 bits per heavy atom. The lowest BCUT2D eigenvalue weighted by molar-refractivity contribution is -0.121. The van der Waals surface area contributed by atoms with Crippen LogP contribution in [0, 0.1) is 0 Å². The van der Waals surface area contributed by atoms with Crippen LogP contribution in [-0.4, -0.2) is 28.8 Å². The van der Waals surface area contributed by atoms with Crippen LogP contribution in [-0.2, 0) is 4.79 Å². The third-order valence-corrected chi connectivity index (χ3v) is 5.19. The van der Waals surface area contributed by atoms with Crippen LogP contribution in [0.25, 0.3) is 17.4 Å². The molecular formula is C18H14ClNO3S2. The first-order chi connectivity index (χ1) is 12.0. The zero-order valence-corrected chi connectivity index (χ0v) is 15.7. The molecule has 0 spiro atoms. The standard InChI is InChI=1S/C18H14ClNO3S2/c1-3-8-20-17(21)16(25-18(20)24)10-12-5-7-14(23-12)11-4-6-15(22-2)13(19)9-11/h3-7,9-10H,1,8H2,2H3/b16-10-. The van der Waals surface area contributed by atoms with Crippen molar-refractivity contribution in [2.75, 3.05) is 13.7 Å². The number of thioether (sulfide) groups is 1. The minimum atomic E-state index is -0.139. The number of benzene rings is 1. The number of hydrogen-bond acceptors (Lipinski definition) is 5. The number of hydrogen-bond donors (Lipinski definition) is 0. The van der Waals surface area contributed by atoms with E-state index in [9.17, 15) is 4.79 Å². The molecule has 1 aromatic heterocycles. The maximum Gasteiger partial charge on any atom is 0.266 e. The molecule has 0 aliphatic carbocycles. The molecule has 1 aromatic carbocycles. The number of carbonyl (C=O) groups excluding carboxylic acids is 1. The highest BCUT2D eigenvalue weighted by molar-refractivity contribution is 8.26. The molecule has 7 heteroatoms. The molecule has 1 amide bonds. The fourth-order valence-electron chi connectivity index (χ4n) is 2.32. The van der Waals surface area contributed by atoms with Gasteiger partial charge in [-0.3, -0.25) is 9.69 Å². The molecule has 0 atom stereocenters. The van der Waals surface area contributed by atoms with Crippen molar-refractivity contribution < 1.29 is 13.9 Å². The van der Waals surface area contributed by atoms with Gasteiger partial charge in [-0.2, -0.15) is 0 Å². The summed E-state index contributed by atoms with van der Waals surface area (Å²) in [6.45, 7) is 4.04. The smallest absolute Gasteiger partial charge is 0.266 e. The Morgan fingerprint density at radius 3 is 2.88 bits per heavy atom. The number of ether oxygens (including phenoxy) is 1. The minimum absolute atomic E-state index is 0.139. The molecule has 128 valence electrons. The molecule has 0 N–H and O–H groups in total. The van der Waals surface area contributed by atoms with Gasteiger partial charge in [-0.15, -0.1) is 6.58 Å². The number of amides is 1. The number of methoxy groups -OCH3 is 1. The minimum Gasteiger partial charge on any atom is -0.495 e. The van der Waals surface area contributed by atoms with Gasteiger partial charge in [0, 0.05) is 18.2 Å². The third kappa shape index (κ3) is 3.66. The number of nitrogens with zero attached hydrogens (tertiary/aromatic N) is 1. The van der Waals surface area contributed by atoms with Gasteiger partial charge in [-0.05, 0) is 30.3 Å². The van der Waals surface area contributed by atoms with Gasteiger partial charge in [-0.25, -0.2) is 0 Å². The summed E-state index contributed by atoms with van der Waals surface area (Å²) in [5.74, 6) is 1.68.